The molecule has 0 heterocycles. The fraction of sp³-hybridized carbons (Fsp3) is 0.308. The van der Waals surface area contributed by atoms with Crippen LogP contribution in [0.15, 0.2) is 24.3 Å². The Labute approximate surface area is 109 Å². The molecular weight excluding hydrogens is 251 g/mol. The molecule has 0 aliphatic heterocycles. The summed E-state index contributed by atoms with van der Waals surface area (Å²) in [5.74, 6) is -2.83. The number of nitriles is 1. The quantitative estimate of drug-likeness (QED) is 0.844. The predicted octanol–water partition coefficient (Wildman–Crippen LogP) is 1.56. The fourth-order valence-electron chi connectivity index (χ4n) is 1.54. The molecule has 0 bridgehead atoms. The maximum absolute atomic E-state index is 12.7. The van der Waals surface area contributed by atoms with Gasteiger partial charge in [-0.1, -0.05) is 6.92 Å². The van der Waals surface area contributed by atoms with Crippen LogP contribution >= 0.6 is 0 Å². The molecule has 100 valence electrons. The van der Waals surface area contributed by atoms with Gasteiger partial charge in [-0.05, 0) is 24.3 Å². The second kappa shape index (κ2) is 6.50. The van der Waals surface area contributed by atoms with E-state index in [1.807, 2.05) is 6.07 Å². The van der Waals surface area contributed by atoms with Gasteiger partial charge in [0.2, 0.25) is 0 Å². The number of hydrogen-bond donors (Lipinski definition) is 2. The van der Waals surface area contributed by atoms with Crippen molar-refractivity contribution in [3.63, 3.8) is 0 Å². The van der Waals surface area contributed by atoms with Gasteiger partial charge in [-0.25, -0.2) is 9.18 Å². The van der Waals surface area contributed by atoms with E-state index in [1.165, 1.54) is 12.1 Å². The summed E-state index contributed by atoms with van der Waals surface area (Å²) in [4.78, 5) is 22.9. The first-order valence-corrected chi connectivity index (χ1v) is 5.62. The standard InChI is InChI=1S/C13H13FN2O3/c1-8(6-7-15)11(13(18)19)16-12(17)9-2-4-10(14)5-3-9/h2-5,8,11H,6H2,1H3,(H,16,17)(H,18,19)/t8-,11+/m1/s1. The van der Waals surface area contributed by atoms with Gasteiger partial charge in [-0.15, -0.1) is 0 Å². The summed E-state index contributed by atoms with van der Waals surface area (Å²) in [5, 5.41) is 19.9. The van der Waals surface area contributed by atoms with Gasteiger partial charge in [0.1, 0.15) is 11.9 Å². The third-order valence-corrected chi connectivity index (χ3v) is 2.64. The molecule has 0 unspecified atom stereocenters. The van der Waals surface area contributed by atoms with Crippen molar-refractivity contribution in [1.29, 1.82) is 5.26 Å². The lowest BCUT2D eigenvalue weighted by Crippen LogP contribution is -2.45. The van der Waals surface area contributed by atoms with E-state index in [0.29, 0.717) is 0 Å². The Morgan fingerprint density at radius 3 is 2.47 bits per heavy atom. The molecule has 0 aliphatic rings. The van der Waals surface area contributed by atoms with Crippen LogP contribution in [0.3, 0.4) is 0 Å². The number of benzene rings is 1. The van der Waals surface area contributed by atoms with Gasteiger partial charge in [-0.3, -0.25) is 4.79 Å². The monoisotopic (exact) mass is 264 g/mol. The summed E-state index contributed by atoms with van der Waals surface area (Å²) < 4.78 is 12.7. The second-order valence-electron chi connectivity index (χ2n) is 4.14. The molecule has 6 heteroatoms. The van der Waals surface area contributed by atoms with Crippen LogP contribution in [0.5, 0.6) is 0 Å². The van der Waals surface area contributed by atoms with Crippen molar-refractivity contribution in [3.8, 4) is 6.07 Å². The zero-order valence-electron chi connectivity index (χ0n) is 10.3. The minimum absolute atomic E-state index is 0.0145. The highest BCUT2D eigenvalue weighted by Gasteiger charge is 2.26. The zero-order chi connectivity index (χ0) is 14.4. The number of amides is 1. The van der Waals surface area contributed by atoms with E-state index in [-0.39, 0.29) is 12.0 Å². The lowest BCUT2D eigenvalue weighted by atomic mass is 9.98. The number of carboxylic acids is 1. The van der Waals surface area contributed by atoms with Crippen LogP contribution in [0.25, 0.3) is 0 Å². The molecule has 19 heavy (non-hydrogen) atoms. The van der Waals surface area contributed by atoms with Crippen molar-refractivity contribution < 1.29 is 19.1 Å². The van der Waals surface area contributed by atoms with Gasteiger partial charge >= 0.3 is 5.97 Å². The number of hydrogen-bond acceptors (Lipinski definition) is 3. The van der Waals surface area contributed by atoms with E-state index >= 15 is 0 Å². The van der Waals surface area contributed by atoms with Gasteiger partial charge in [0, 0.05) is 17.9 Å². The Bertz CT molecular complexity index is 508. The summed E-state index contributed by atoms with van der Waals surface area (Å²) >= 11 is 0. The number of nitrogens with zero attached hydrogens (tertiary/aromatic N) is 1. The van der Waals surface area contributed by atoms with Gasteiger partial charge in [0.25, 0.3) is 5.91 Å². The van der Waals surface area contributed by atoms with Crippen molar-refractivity contribution in [3.05, 3.63) is 35.6 Å². The molecule has 0 fully saturated rings. The molecule has 0 radical (unpaired) electrons. The molecule has 2 N–H and O–H groups in total. The largest absolute Gasteiger partial charge is 0.480 e. The SMILES string of the molecule is C[C@H](CC#N)[C@H](NC(=O)c1ccc(F)cc1)C(=O)O. The molecule has 0 saturated carbocycles. The number of carbonyl (C=O) groups is 2. The second-order valence-corrected chi connectivity index (χ2v) is 4.14. The van der Waals surface area contributed by atoms with Crippen LogP contribution in [0, 0.1) is 23.1 Å². The van der Waals surface area contributed by atoms with E-state index in [2.05, 4.69) is 5.32 Å². The highest BCUT2D eigenvalue weighted by Crippen LogP contribution is 2.10. The van der Waals surface area contributed by atoms with Crippen molar-refractivity contribution in [2.75, 3.05) is 0 Å². The summed E-state index contributed by atoms with van der Waals surface area (Å²) in [6.45, 7) is 1.56. The first-order valence-electron chi connectivity index (χ1n) is 5.62. The molecule has 0 aliphatic carbocycles. The molecule has 1 aromatic rings. The van der Waals surface area contributed by atoms with E-state index in [1.54, 1.807) is 6.92 Å². The molecule has 0 spiro atoms. The summed E-state index contributed by atoms with van der Waals surface area (Å²) in [7, 11) is 0. The lowest BCUT2D eigenvalue weighted by molar-refractivity contribution is -0.140. The molecule has 5 nitrogen and oxygen atoms in total. The Hall–Kier alpha value is -2.42. The van der Waals surface area contributed by atoms with Crippen LogP contribution < -0.4 is 5.32 Å². The Morgan fingerprint density at radius 1 is 1.42 bits per heavy atom. The molecule has 0 saturated heterocycles. The average molecular weight is 264 g/mol. The van der Waals surface area contributed by atoms with E-state index < -0.39 is 29.7 Å². The Morgan fingerprint density at radius 2 is 2.00 bits per heavy atom. The summed E-state index contributed by atoms with van der Waals surface area (Å²) in [6, 6.07) is 5.46. The van der Waals surface area contributed by atoms with Gasteiger partial charge in [0.05, 0.1) is 6.07 Å². The van der Waals surface area contributed by atoms with E-state index in [9.17, 15) is 14.0 Å². The highest BCUT2D eigenvalue weighted by atomic mass is 19.1. The van der Waals surface area contributed by atoms with Gasteiger partial charge in [0.15, 0.2) is 0 Å². The molecule has 1 aromatic carbocycles. The number of aliphatic carboxylic acids is 1. The third-order valence-electron chi connectivity index (χ3n) is 2.64. The van der Waals surface area contributed by atoms with Gasteiger partial charge in [-0.2, -0.15) is 5.26 Å². The highest BCUT2D eigenvalue weighted by molar-refractivity contribution is 5.96. The maximum Gasteiger partial charge on any atom is 0.326 e. The molecular formula is C13H13FN2O3. The topological polar surface area (TPSA) is 90.2 Å². The third kappa shape index (κ3) is 4.07. The number of carbonyl (C=O) groups excluding carboxylic acids is 1. The molecule has 2 atom stereocenters. The molecule has 1 amide bonds. The smallest absolute Gasteiger partial charge is 0.326 e. The van der Waals surface area contributed by atoms with Crippen LogP contribution in [-0.2, 0) is 4.79 Å². The predicted molar refractivity (Wildman–Crippen MR) is 64.7 cm³/mol. The summed E-state index contributed by atoms with van der Waals surface area (Å²) in [6.07, 6.45) is 0.0145. The van der Waals surface area contributed by atoms with Crippen LogP contribution in [0.2, 0.25) is 0 Å². The van der Waals surface area contributed by atoms with Crippen LogP contribution in [0.4, 0.5) is 4.39 Å². The minimum atomic E-state index is -1.21. The first-order chi connectivity index (χ1) is 8.95. The van der Waals surface area contributed by atoms with Crippen LogP contribution in [-0.4, -0.2) is 23.0 Å². The van der Waals surface area contributed by atoms with Crippen molar-refractivity contribution in [2.45, 2.75) is 19.4 Å². The fourth-order valence-corrected chi connectivity index (χ4v) is 1.54. The number of nitrogens with one attached hydrogen (secondary N) is 1. The normalized spacial score (nSPS) is 13.1. The van der Waals surface area contributed by atoms with Crippen molar-refractivity contribution >= 4 is 11.9 Å². The average Bonchev–Trinajstić information content (AvgIpc) is 2.36. The Balaban J connectivity index is 2.80. The molecule has 0 aromatic heterocycles. The van der Waals surface area contributed by atoms with E-state index in [0.717, 1.165) is 12.1 Å². The maximum atomic E-state index is 12.7. The van der Waals surface area contributed by atoms with E-state index in [4.69, 9.17) is 10.4 Å². The first kappa shape index (κ1) is 14.6. The Kier molecular flexibility index (Phi) is 5.01. The van der Waals surface area contributed by atoms with Crippen molar-refractivity contribution in [1.82, 2.24) is 5.32 Å². The number of carboxylic acid groups (broad SMARTS) is 1. The lowest BCUT2D eigenvalue weighted by Gasteiger charge is -2.19. The van der Waals surface area contributed by atoms with Crippen LogP contribution in [0.1, 0.15) is 23.7 Å². The van der Waals surface area contributed by atoms with Gasteiger partial charge < -0.3 is 10.4 Å². The minimum Gasteiger partial charge on any atom is -0.480 e. The van der Waals surface area contributed by atoms with Crippen molar-refractivity contribution in [2.24, 2.45) is 5.92 Å². The summed E-state index contributed by atoms with van der Waals surface area (Å²) in [5.41, 5.74) is 0.164. The zero-order valence-corrected chi connectivity index (χ0v) is 10.3. The molecule has 1 rings (SSSR count). The number of rotatable bonds is 5. The number of halogens is 1.